The summed E-state index contributed by atoms with van der Waals surface area (Å²) in [5, 5.41) is 11.5. The molecule has 0 radical (unpaired) electrons. The number of amides is 4. The predicted octanol–water partition coefficient (Wildman–Crippen LogP) is 7.38. The predicted molar refractivity (Wildman–Crippen MR) is 270 cm³/mol. The van der Waals surface area contributed by atoms with Crippen LogP contribution in [-0.2, 0) is 47.9 Å². The molecule has 394 valence electrons. The van der Waals surface area contributed by atoms with Gasteiger partial charge in [0.2, 0.25) is 0 Å². The number of unbranched alkanes of at least 4 members (excludes halogenated alkanes) is 1. The molecule has 0 aromatic heterocycles. The van der Waals surface area contributed by atoms with Crippen LogP contribution in [0.25, 0.3) is 21.5 Å². The van der Waals surface area contributed by atoms with Gasteiger partial charge in [0.05, 0.1) is 51.2 Å². The number of fused-ring (bicyclic) bond motifs is 4. The Morgan fingerprint density at radius 3 is 1.59 bits per heavy atom. The molecule has 0 saturated heterocycles. The molecule has 4 amide bonds. The van der Waals surface area contributed by atoms with E-state index in [2.05, 4.69) is 0 Å². The van der Waals surface area contributed by atoms with Crippen LogP contribution >= 0.6 is 11.8 Å². The topological polar surface area (TPSA) is 251 Å². The van der Waals surface area contributed by atoms with Crippen LogP contribution in [0.3, 0.4) is 0 Å². The normalized spacial score (nSPS) is 24.3. The van der Waals surface area contributed by atoms with Crippen molar-refractivity contribution in [2.45, 2.75) is 97.3 Å². The van der Waals surface area contributed by atoms with Crippen molar-refractivity contribution in [1.29, 1.82) is 0 Å². The number of carbonyl (C=O) groups excluding carboxylic acids is 7. The zero-order valence-corrected chi connectivity index (χ0v) is 44.2. The van der Waals surface area contributed by atoms with Crippen molar-refractivity contribution < 1.29 is 73.5 Å². The van der Waals surface area contributed by atoms with E-state index in [1.807, 2.05) is 34.6 Å². The van der Waals surface area contributed by atoms with Crippen molar-refractivity contribution in [2.24, 2.45) is 33.5 Å². The van der Waals surface area contributed by atoms with Crippen molar-refractivity contribution in [3.05, 3.63) is 82.9 Å². The Labute approximate surface area is 432 Å². The molecule has 74 heavy (non-hydrogen) atoms. The number of carbonyl (C=O) groups is 7. The molecule has 21 heteroatoms. The number of Topliss-reactive ketones (excluding diaryl/α,β-unsaturated/α-hetero) is 2. The number of aliphatic hydroxyl groups excluding tert-OH is 1. The first-order valence-electron chi connectivity index (χ1n) is 24.8. The first-order chi connectivity index (χ1) is 34.9. The molecule has 4 unspecified atom stereocenters. The Morgan fingerprint density at radius 1 is 0.662 bits per heavy atom. The Bertz CT molecular complexity index is 3250. The molecule has 4 atom stereocenters. The first kappa shape index (κ1) is 53.3. The third-order valence-electron chi connectivity index (χ3n) is 16.8. The molecule has 4 bridgehead atoms. The molecule has 2 aliphatic heterocycles. The second-order valence-corrected chi connectivity index (χ2v) is 25.4. The summed E-state index contributed by atoms with van der Waals surface area (Å²) < 4.78 is 73.9. The molecule has 0 spiro atoms. The van der Waals surface area contributed by atoms with Gasteiger partial charge in [-0.1, -0.05) is 65.3 Å². The lowest BCUT2D eigenvalue weighted by atomic mass is 9.70. The minimum atomic E-state index is -4.47. The molecular formula is C53H58N2O16S3. The molecule has 18 nitrogen and oxygen atoms in total. The maximum Gasteiger partial charge on any atom is 0.305 e. The summed E-state index contributed by atoms with van der Waals surface area (Å²) in [5.74, 6) is -4.09. The van der Waals surface area contributed by atoms with Crippen LogP contribution in [0.5, 0.6) is 5.75 Å². The number of rotatable bonds is 18. The number of ketones is 2. The van der Waals surface area contributed by atoms with Gasteiger partial charge in [-0.15, -0.1) is 30.5 Å². The summed E-state index contributed by atoms with van der Waals surface area (Å²) in [4.78, 5) is 91.3. The average molecular weight is 1080 g/mol. The minimum absolute atomic E-state index is 0.0335. The van der Waals surface area contributed by atoms with Gasteiger partial charge in [0.1, 0.15) is 30.5 Å². The lowest BCUT2D eigenvalue weighted by Crippen LogP contribution is -2.46. The van der Waals surface area contributed by atoms with Gasteiger partial charge in [0.15, 0.2) is 0 Å². The maximum atomic E-state index is 13.4. The molecule has 1 N–H and O–H groups in total. The van der Waals surface area contributed by atoms with E-state index in [0.29, 0.717) is 70.2 Å². The van der Waals surface area contributed by atoms with Crippen molar-refractivity contribution in [3.8, 4) is 5.75 Å². The number of aliphatic hydroxyl groups is 1. The van der Waals surface area contributed by atoms with Gasteiger partial charge in [0.25, 0.3) is 43.9 Å². The van der Waals surface area contributed by atoms with Crippen molar-refractivity contribution >= 4 is 94.7 Å². The lowest BCUT2D eigenvalue weighted by Gasteiger charge is -2.36. The molecule has 10 rings (SSSR count). The van der Waals surface area contributed by atoms with E-state index in [1.165, 1.54) is 36.0 Å². The molecule has 2 heterocycles. The fourth-order valence-electron chi connectivity index (χ4n) is 12.4. The standard InChI is InChI=1S/C29H33NO8S2.C24H25NO8S/c1-4-5-9-24(32)37-14-15-39-22-11-10-21-25-19(22)7-6-8-20(25)26(33)30(27(21)34)38-40(35,36)17-29-13-12-18(16-23(29)31)28(29,2)3;1-23(2)14-8-9-24(23,19(27)12-14)13-34(30,31)33-25-21(28)16-5-3-4-15-18(32-11-10-26)7-6-17(20(15)16)22(25)29/h6-8,10-11,18H,4-5,9,12-17H2,1-3H3;3-7,14,26H,8-13H2,1-2H3. The number of hydroxylamine groups is 4. The van der Waals surface area contributed by atoms with Gasteiger partial charge in [-0.2, -0.15) is 16.8 Å². The van der Waals surface area contributed by atoms with Crippen molar-refractivity contribution in [3.63, 3.8) is 0 Å². The molecule has 6 aliphatic rings. The molecule has 4 aromatic carbocycles. The molecular weight excluding hydrogens is 1020 g/mol. The Morgan fingerprint density at radius 2 is 1.14 bits per heavy atom. The van der Waals surface area contributed by atoms with Crippen LogP contribution in [0.15, 0.2) is 65.6 Å². The Kier molecular flexibility index (Phi) is 14.1. The van der Waals surface area contributed by atoms with Gasteiger partial charge in [-0.05, 0) is 96.6 Å². The van der Waals surface area contributed by atoms with Gasteiger partial charge in [0, 0.05) is 46.1 Å². The Hall–Kier alpha value is -5.58. The van der Waals surface area contributed by atoms with Crippen LogP contribution in [-0.4, -0.2) is 110 Å². The fourth-order valence-corrected chi connectivity index (χ4v) is 16.7. The first-order valence-corrected chi connectivity index (χ1v) is 28.9. The summed E-state index contributed by atoms with van der Waals surface area (Å²) in [6.07, 6.45) is 5.13. The Balaban J connectivity index is 0.000000184. The largest absolute Gasteiger partial charge is 0.491 e. The average Bonchev–Trinajstić information content (AvgIpc) is 3.89. The SMILES string of the molecule is CC1(C)C2CCC1(CS(=O)(=O)ON1C(=O)c3cccc4c(OCCO)ccc(c34)C1=O)C(=O)C2.CCCCC(=O)OCCSc1ccc2c3c(cccc13)C(=O)N(OS(=O)(=O)CC13CCC(CC1=O)C3(C)C)C2=O. The maximum absolute atomic E-state index is 13.4. The number of nitrogens with zero attached hydrogens (tertiary/aromatic N) is 2. The van der Waals surface area contributed by atoms with Crippen molar-refractivity contribution in [2.75, 3.05) is 37.1 Å². The molecule has 4 aromatic rings. The number of hydrogen-bond donors (Lipinski definition) is 1. The summed E-state index contributed by atoms with van der Waals surface area (Å²) in [7, 11) is -8.93. The van der Waals surface area contributed by atoms with Gasteiger partial charge < -0.3 is 14.6 Å². The fraction of sp³-hybridized carbons (Fsp3) is 0.491. The van der Waals surface area contributed by atoms with Crippen LogP contribution < -0.4 is 4.74 Å². The number of benzene rings is 4. The van der Waals surface area contributed by atoms with E-state index < -0.39 is 77.0 Å². The van der Waals surface area contributed by atoms with E-state index in [9.17, 15) is 50.4 Å². The summed E-state index contributed by atoms with van der Waals surface area (Å²) in [6, 6.07) is 15.9. The van der Waals surface area contributed by atoms with Gasteiger partial charge in [-0.25, -0.2) is 0 Å². The van der Waals surface area contributed by atoms with Crippen LogP contribution in [0.1, 0.15) is 134 Å². The molecule has 4 saturated carbocycles. The number of hydrogen-bond acceptors (Lipinski definition) is 17. The van der Waals surface area contributed by atoms with Crippen LogP contribution in [0.2, 0.25) is 0 Å². The lowest BCUT2D eigenvalue weighted by molar-refractivity contribution is -0.143. The quantitative estimate of drug-likeness (QED) is 0.0441. The van der Waals surface area contributed by atoms with Crippen LogP contribution in [0, 0.1) is 33.5 Å². The molecule has 4 fully saturated rings. The summed E-state index contributed by atoms with van der Waals surface area (Å²) in [6.45, 7) is 9.67. The second kappa shape index (κ2) is 19.5. The van der Waals surface area contributed by atoms with E-state index >= 15 is 0 Å². The van der Waals surface area contributed by atoms with E-state index in [0.717, 1.165) is 30.6 Å². The smallest absolute Gasteiger partial charge is 0.305 e. The highest BCUT2D eigenvalue weighted by Crippen LogP contribution is 2.65. The monoisotopic (exact) mass is 1070 g/mol. The third-order valence-corrected chi connectivity index (χ3v) is 20.3. The highest BCUT2D eigenvalue weighted by molar-refractivity contribution is 7.99. The van der Waals surface area contributed by atoms with Crippen LogP contribution in [0.4, 0.5) is 0 Å². The number of imide groups is 2. The van der Waals surface area contributed by atoms with E-state index in [-0.39, 0.29) is 76.5 Å². The van der Waals surface area contributed by atoms with Crippen molar-refractivity contribution in [1.82, 2.24) is 10.1 Å². The van der Waals surface area contributed by atoms with Gasteiger partial charge >= 0.3 is 5.97 Å². The van der Waals surface area contributed by atoms with E-state index in [1.54, 1.807) is 36.4 Å². The number of esters is 1. The summed E-state index contributed by atoms with van der Waals surface area (Å²) in [5.41, 5.74) is -2.74. The zero-order chi connectivity index (χ0) is 53.3. The summed E-state index contributed by atoms with van der Waals surface area (Å²) >= 11 is 1.43. The number of ether oxygens (including phenoxy) is 2. The highest BCUT2D eigenvalue weighted by atomic mass is 32.2. The highest BCUT2D eigenvalue weighted by Gasteiger charge is 2.67. The zero-order valence-electron chi connectivity index (χ0n) is 41.7. The molecule has 4 aliphatic carbocycles. The third kappa shape index (κ3) is 8.83. The second-order valence-electron chi connectivity index (χ2n) is 21.1. The number of thioether (sulfide) groups is 1. The van der Waals surface area contributed by atoms with E-state index in [4.69, 9.17) is 23.1 Å². The minimum Gasteiger partial charge on any atom is -0.491 e. The van der Waals surface area contributed by atoms with Gasteiger partial charge in [-0.3, -0.25) is 33.6 Å².